The van der Waals surface area contributed by atoms with Crippen LogP contribution >= 0.6 is 0 Å². The highest BCUT2D eigenvalue weighted by molar-refractivity contribution is 5.91. The zero-order chi connectivity index (χ0) is 23.5. The van der Waals surface area contributed by atoms with Crippen LogP contribution in [0.4, 0.5) is 10.2 Å². The molecular formula is C27H26FN5O. The first-order valence-corrected chi connectivity index (χ1v) is 11.5. The van der Waals surface area contributed by atoms with Gasteiger partial charge in [0.1, 0.15) is 17.3 Å². The number of carbonyl (C=O) groups is 1. The summed E-state index contributed by atoms with van der Waals surface area (Å²) in [6, 6.07) is 20.7. The van der Waals surface area contributed by atoms with E-state index in [0.717, 1.165) is 54.3 Å². The first-order valence-electron chi connectivity index (χ1n) is 11.5. The summed E-state index contributed by atoms with van der Waals surface area (Å²) in [7, 11) is 0. The highest BCUT2D eigenvalue weighted by atomic mass is 19.1. The fourth-order valence-electron chi connectivity index (χ4n) is 4.34. The van der Waals surface area contributed by atoms with Crippen LogP contribution < -0.4 is 5.32 Å². The lowest BCUT2D eigenvalue weighted by Crippen LogP contribution is -2.33. The number of amides is 1. The normalized spacial score (nSPS) is 13.5. The lowest BCUT2D eigenvalue weighted by Gasteiger charge is -2.28. The van der Waals surface area contributed by atoms with Crippen LogP contribution in [-0.2, 0) is 24.4 Å². The summed E-state index contributed by atoms with van der Waals surface area (Å²) in [5.74, 6) is 0.137. The van der Waals surface area contributed by atoms with Crippen molar-refractivity contribution in [2.24, 2.45) is 0 Å². The zero-order valence-corrected chi connectivity index (χ0v) is 19.0. The van der Waals surface area contributed by atoms with E-state index in [1.54, 1.807) is 25.3 Å². The fourth-order valence-corrected chi connectivity index (χ4v) is 4.34. The standard InChI is InChI=1S/C27H26FN5O/c1-2-25(34)30-24-16-21(12-13-29-24)26-23-18-32(17-19-6-4-3-5-7-19)14-15-33(23)31-27(26)20-8-10-22(28)11-9-20/h3-13,16H,2,14-15,17-18H2,1H3,(H,29,30,34). The molecule has 5 rings (SSSR count). The Bertz CT molecular complexity index is 1300. The first kappa shape index (κ1) is 22.0. The number of nitrogens with one attached hydrogen (secondary N) is 1. The Morgan fingerprint density at radius 3 is 2.59 bits per heavy atom. The number of hydrogen-bond donors (Lipinski definition) is 1. The van der Waals surface area contributed by atoms with Gasteiger partial charge in [0, 0.05) is 43.4 Å². The summed E-state index contributed by atoms with van der Waals surface area (Å²) < 4.78 is 15.7. The van der Waals surface area contributed by atoms with Gasteiger partial charge in [0.05, 0.1) is 12.2 Å². The number of nitrogens with zero attached hydrogens (tertiary/aromatic N) is 4. The SMILES string of the molecule is CCC(=O)Nc1cc(-c2c(-c3ccc(F)cc3)nn3c2CN(Cc2ccccc2)CC3)ccn1. The van der Waals surface area contributed by atoms with Gasteiger partial charge in [-0.05, 0) is 47.5 Å². The van der Waals surface area contributed by atoms with Crippen LogP contribution in [0.2, 0.25) is 0 Å². The highest BCUT2D eigenvalue weighted by Gasteiger charge is 2.26. The Kier molecular flexibility index (Phi) is 6.18. The molecule has 0 saturated heterocycles. The summed E-state index contributed by atoms with van der Waals surface area (Å²) in [5, 5.41) is 7.78. The molecule has 4 aromatic rings. The average molecular weight is 456 g/mol. The van der Waals surface area contributed by atoms with E-state index in [4.69, 9.17) is 5.10 Å². The van der Waals surface area contributed by atoms with E-state index in [-0.39, 0.29) is 11.7 Å². The molecule has 0 radical (unpaired) electrons. The maximum atomic E-state index is 13.6. The number of anilines is 1. The van der Waals surface area contributed by atoms with Gasteiger partial charge < -0.3 is 5.32 Å². The van der Waals surface area contributed by atoms with Crippen LogP contribution in [0.5, 0.6) is 0 Å². The number of benzene rings is 2. The molecule has 1 aliphatic heterocycles. The third-order valence-corrected chi connectivity index (χ3v) is 6.06. The molecule has 0 aliphatic carbocycles. The molecule has 1 N–H and O–H groups in total. The molecule has 3 heterocycles. The van der Waals surface area contributed by atoms with Crippen LogP contribution in [0.25, 0.3) is 22.4 Å². The summed E-state index contributed by atoms with van der Waals surface area (Å²) in [5.41, 5.74) is 5.92. The molecule has 1 aliphatic rings. The van der Waals surface area contributed by atoms with Gasteiger partial charge in [-0.3, -0.25) is 14.4 Å². The molecular weight excluding hydrogens is 429 g/mol. The van der Waals surface area contributed by atoms with Crippen molar-refractivity contribution in [3.63, 3.8) is 0 Å². The van der Waals surface area contributed by atoms with Crippen molar-refractivity contribution in [1.82, 2.24) is 19.7 Å². The third-order valence-electron chi connectivity index (χ3n) is 6.06. The molecule has 172 valence electrons. The molecule has 2 aromatic heterocycles. The maximum absolute atomic E-state index is 13.6. The predicted molar refractivity (Wildman–Crippen MR) is 130 cm³/mol. The van der Waals surface area contributed by atoms with Crippen molar-refractivity contribution in [2.75, 3.05) is 11.9 Å². The second-order valence-electron chi connectivity index (χ2n) is 8.43. The van der Waals surface area contributed by atoms with E-state index in [9.17, 15) is 9.18 Å². The van der Waals surface area contributed by atoms with Gasteiger partial charge in [-0.1, -0.05) is 37.3 Å². The van der Waals surface area contributed by atoms with Crippen molar-refractivity contribution in [3.8, 4) is 22.4 Å². The van der Waals surface area contributed by atoms with E-state index in [2.05, 4.69) is 44.1 Å². The van der Waals surface area contributed by atoms with Crippen molar-refractivity contribution in [2.45, 2.75) is 33.0 Å². The lowest BCUT2D eigenvalue weighted by molar-refractivity contribution is -0.115. The van der Waals surface area contributed by atoms with Gasteiger partial charge in [0.15, 0.2) is 0 Å². The number of fused-ring (bicyclic) bond motifs is 1. The van der Waals surface area contributed by atoms with E-state index >= 15 is 0 Å². The number of carbonyl (C=O) groups excluding carboxylic acids is 1. The first-order chi connectivity index (χ1) is 16.6. The van der Waals surface area contributed by atoms with Crippen molar-refractivity contribution >= 4 is 11.7 Å². The Morgan fingerprint density at radius 2 is 1.82 bits per heavy atom. The van der Waals surface area contributed by atoms with Crippen molar-refractivity contribution in [3.05, 3.63) is 90.0 Å². The number of aromatic nitrogens is 3. The van der Waals surface area contributed by atoms with Crippen molar-refractivity contribution < 1.29 is 9.18 Å². The van der Waals surface area contributed by atoms with Crippen LogP contribution in [-0.4, -0.2) is 32.1 Å². The van der Waals surface area contributed by atoms with Gasteiger partial charge in [0.25, 0.3) is 0 Å². The number of pyridine rings is 1. The van der Waals surface area contributed by atoms with Crippen LogP contribution in [0.3, 0.4) is 0 Å². The molecule has 2 aromatic carbocycles. The molecule has 7 heteroatoms. The second-order valence-corrected chi connectivity index (χ2v) is 8.43. The van der Waals surface area contributed by atoms with Crippen molar-refractivity contribution in [1.29, 1.82) is 0 Å². The van der Waals surface area contributed by atoms with Gasteiger partial charge in [0.2, 0.25) is 5.91 Å². The summed E-state index contributed by atoms with van der Waals surface area (Å²) >= 11 is 0. The minimum absolute atomic E-state index is 0.0884. The highest BCUT2D eigenvalue weighted by Crippen LogP contribution is 2.37. The third kappa shape index (κ3) is 4.61. The van der Waals surface area contributed by atoms with Gasteiger partial charge in [-0.15, -0.1) is 0 Å². The largest absolute Gasteiger partial charge is 0.311 e. The molecule has 0 atom stereocenters. The van der Waals surface area contributed by atoms with E-state index < -0.39 is 0 Å². The Balaban J connectivity index is 1.56. The Morgan fingerprint density at radius 1 is 1.03 bits per heavy atom. The van der Waals surface area contributed by atoms with E-state index in [1.807, 2.05) is 18.2 Å². The smallest absolute Gasteiger partial charge is 0.225 e. The van der Waals surface area contributed by atoms with Gasteiger partial charge >= 0.3 is 0 Å². The molecule has 6 nitrogen and oxygen atoms in total. The quantitative estimate of drug-likeness (QED) is 0.439. The molecule has 0 saturated carbocycles. The van der Waals surface area contributed by atoms with Crippen LogP contribution in [0, 0.1) is 5.82 Å². The van der Waals surface area contributed by atoms with Crippen LogP contribution in [0.1, 0.15) is 24.6 Å². The van der Waals surface area contributed by atoms with Gasteiger partial charge in [-0.2, -0.15) is 5.10 Å². The topological polar surface area (TPSA) is 63.1 Å². The molecule has 0 bridgehead atoms. The molecule has 0 unspecified atom stereocenters. The molecule has 1 amide bonds. The predicted octanol–water partition coefficient (Wildman–Crippen LogP) is 5.12. The second kappa shape index (κ2) is 9.57. The Hall–Kier alpha value is -3.84. The van der Waals surface area contributed by atoms with E-state index in [0.29, 0.717) is 12.2 Å². The summed E-state index contributed by atoms with van der Waals surface area (Å²) in [4.78, 5) is 18.7. The van der Waals surface area contributed by atoms with Crippen LogP contribution in [0.15, 0.2) is 72.9 Å². The number of halogens is 1. The minimum atomic E-state index is -0.281. The maximum Gasteiger partial charge on any atom is 0.225 e. The molecule has 0 fully saturated rings. The zero-order valence-electron chi connectivity index (χ0n) is 19.0. The lowest BCUT2D eigenvalue weighted by atomic mass is 9.98. The molecule has 34 heavy (non-hydrogen) atoms. The monoisotopic (exact) mass is 455 g/mol. The van der Waals surface area contributed by atoms with Gasteiger partial charge in [-0.25, -0.2) is 9.37 Å². The Labute approximate surface area is 198 Å². The number of rotatable bonds is 6. The molecule has 0 spiro atoms. The van der Waals surface area contributed by atoms with E-state index in [1.165, 1.54) is 17.7 Å². The minimum Gasteiger partial charge on any atom is -0.311 e. The number of hydrogen-bond acceptors (Lipinski definition) is 4. The summed E-state index contributed by atoms with van der Waals surface area (Å²) in [6.45, 7) is 5.05. The average Bonchev–Trinajstić information content (AvgIpc) is 3.24. The fraction of sp³-hybridized carbons (Fsp3) is 0.222. The summed E-state index contributed by atoms with van der Waals surface area (Å²) in [6.07, 6.45) is 2.08.